The number of rotatable bonds is 0. The highest BCUT2D eigenvalue weighted by Gasteiger charge is 2.87. The highest BCUT2D eigenvalue weighted by atomic mass is 16.3. The van der Waals surface area contributed by atoms with Gasteiger partial charge in [0.05, 0.1) is 18.1 Å². The molecule has 0 aromatic rings. The van der Waals surface area contributed by atoms with Crippen molar-refractivity contribution >= 4 is 0 Å². The summed E-state index contributed by atoms with van der Waals surface area (Å²) < 4.78 is 0. The predicted octanol–water partition coefficient (Wildman–Crippen LogP) is 0.239. The second-order valence-electron chi connectivity index (χ2n) is 4.61. The summed E-state index contributed by atoms with van der Waals surface area (Å²) in [5, 5.41) is 18.4. The zero-order valence-corrected chi connectivity index (χ0v) is 6.01. The highest BCUT2D eigenvalue weighted by molar-refractivity contribution is 5.36. The van der Waals surface area contributed by atoms with Gasteiger partial charge in [0, 0.05) is 5.92 Å². The smallest absolute Gasteiger partial charge is 0.0663 e. The summed E-state index contributed by atoms with van der Waals surface area (Å²) in [5.41, 5.74) is 0. The van der Waals surface area contributed by atoms with Gasteiger partial charge in [-0.05, 0) is 29.6 Å². The molecule has 0 spiro atoms. The standard InChI is InChI=1S/C9H9NO/c10-1-2-3-4(2)9(11)8-6-5(3)7(6)8/h2-9,11H/t2-,3-,4+,5?,6?,7?,8?,9?/m1/s1. The fraction of sp³-hybridized carbons (Fsp3) is 0.889. The summed E-state index contributed by atoms with van der Waals surface area (Å²) in [6, 6.07) is 2.32. The van der Waals surface area contributed by atoms with E-state index in [4.69, 9.17) is 5.26 Å². The Morgan fingerprint density at radius 1 is 0.909 bits per heavy atom. The molecule has 3 unspecified atom stereocenters. The molecule has 0 saturated heterocycles. The molecule has 2 nitrogen and oxygen atoms in total. The van der Waals surface area contributed by atoms with E-state index in [1.165, 1.54) is 0 Å². The van der Waals surface area contributed by atoms with Crippen molar-refractivity contribution in [2.45, 2.75) is 6.10 Å². The lowest BCUT2D eigenvalue weighted by atomic mass is 9.86. The number of nitrogens with zero attached hydrogens (tertiary/aromatic N) is 1. The van der Waals surface area contributed by atoms with E-state index in [9.17, 15) is 5.11 Å². The Balaban J connectivity index is 1.75. The molecule has 4 aliphatic rings. The number of aliphatic hydroxyl groups excluding tert-OH is 1. The maximum absolute atomic E-state index is 9.70. The second kappa shape index (κ2) is 1.13. The monoisotopic (exact) mass is 147 g/mol. The van der Waals surface area contributed by atoms with Crippen LogP contribution in [0.4, 0.5) is 0 Å². The van der Waals surface area contributed by atoms with Crippen molar-refractivity contribution in [1.82, 2.24) is 0 Å². The van der Waals surface area contributed by atoms with Gasteiger partial charge >= 0.3 is 0 Å². The Bertz CT molecular complexity index is 280. The van der Waals surface area contributed by atoms with Crippen LogP contribution in [0.3, 0.4) is 0 Å². The SMILES string of the molecule is N#C[C@@H]1[C@H]2C3C4C3C4C(O)[C@@H]12. The Kier molecular flexibility index (Phi) is 0.529. The van der Waals surface area contributed by atoms with Gasteiger partial charge < -0.3 is 5.11 Å². The zero-order chi connectivity index (χ0) is 7.33. The third-order valence-electron chi connectivity index (χ3n) is 4.46. The quantitative estimate of drug-likeness (QED) is 0.533. The van der Waals surface area contributed by atoms with Crippen molar-refractivity contribution in [2.24, 2.45) is 41.4 Å². The second-order valence-corrected chi connectivity index (χ2v) is 4.61. The normalized spacial score (nSPS) is 79.3. The van der Waals surface area contributed by atoms with Crippen molar-refractivity contribution in [3.63, 3.8) is 0 Å². The molecule has 0 aromatic heterocycles. The van der Waals surface area contributed by atoms with Crippen LogP contribution in [0.1, 0.15) is 0 Å². The number of fused-ring (bicyclic) bond motifs is 4. The van der Waals surface area contributed by atoms with Crippen LogP contribution >= 0.6 is 0 Å². The minimum absolute atomic E-state index is 0.0929. The summed E-state index contributed by atoms with van der Waals surface area (Å²) in [6.07, 6.45) is -0.0929. The molecular weight excluding hydrogens is 138 g/mol. The lowest BCUT2D eigenvalue weighted by molar-refractivity contribution is 0.0590. The summed E-state index contributed by atoms with van der Waals surface area (Å²) in [6.45, 7) is 0. The van der Waals surface area contributed by atoms with Gasteiger partial charge in [0.2, 0.25) is 0 Å². The van der Waals surface area contributed by atoms with E-state index in [1.807, 2.05) is 0 Å². The Hall–Kier alpha value is -0.550. The minimum atomic E-state index is -0.0929. The largest absolute Gasteiger partial charge is 0.392 e. The van der Waals surface area contributed by atoms with Crippen LogP contribution in [0.5, 0.6) is 0 Å². The van der Waals surface area contributed by atoms with Crippen LogP contribution in [0, 0.1) is 52.8 Å². The molecule has 0 bridgehead atoms. The average Bonchev–Trinajstić information content (AvgIpc) is 2.84. The zero-order valence-electron chi connectivity index (χ0n) is 6.01. The predicted molar refractivity (Wildman–Crippen MR) is 36.0 cm³/mol. The number of hydrogen-bond acceptors (Lipinski definition) is 2. The highest BCUT2D eigenvalue weighted by Crippen LogP contribution is 2.87. The van der Waals surface area contributed by atoms with Gasteiger partial charge in [0.1, 0.15) is 0 Å². The molecule has 11 heavy (non-hydrogen) atoms. The van der Waals surface area contributed by atoms with Crippen LogP contribution in [0.2, 0.25) is 0 Å². The van der Waals surface area contributed by atoms with Gasteiger partial charge in [-0.1, -0.05) is 0 Å². The number of aliphatic hydroxyl groups is 1. The molecule has 0 aliphatic heterocycles. The van der Waals surface area contributed by atoms with E-state index in [2.05, 4.69) is 6.07 Å². The summed E-state index contributed by atoms with van der Waals surface area (Å²) in [7, 11) is 0. The third-order valence-corrected chi connectivity index (χ3v) is 4.46. The first-order valence-corrected chi connectivity index (χ1v) is 4.44. The van der Waals surface area contributed by atoms with Gasteiger partial charge in [0.15, 0.2) is 0 Å². The molecule has 6 atom stereocenters. The first kappa shape index (κ1) is 5.16. The minimum Gasteiger partial charge on any atom is -0.392 e. The van der Waals surface area contributed by atoms with Crippen molar-refractivity contribution < 1.29 is 5.11 Å². The molecule has 2 heteroatoms. The molecule has 4 aliphatic carbocycles. The first-order chi connectivity index (χ1) is 5.36. The van der Waals surface area contributed by atoms with E-state index >= 15 is 0 Å². The summed E-state index contributed by atoms with van der Waals surface area (Å²) >= 11 is 0. The molecular formula is C9H9NO. The first-order valence-electron chi connectivity index (χ1n) is 4.44. The summed E-state index contributed by atoms with van der Waals surface area (Å²) in [4.78, 5) is 0. The van der Waals surface area contributed by atoms with Crippen LogP contribution in [0.15, 0.2) is 0 Å². The molecule has 56 valence electrons. The topological polar surface area (TPSA) is 44.0 Å². The molecule has 0 amide bonds. The van der Waals surface area contributed by atoms with Gasteiger partial charge in [-0.3, -0.25) is 0 Å². The average molecular weight is 147 g/mol. The fourth-order valence-electron chi connectivity index (χ4n) is 3.83. The van der Waals surface area contributed by atoms with Crippen molar-refractivity contribution in [2.75, 3.05) is 0 Å². The van der Waals surface area contributed by atoms with Crippen molar-refractivity contribution in [1.29, 1.82) is 5.26 Å². The van der Waals surface area contributed by atoms with Crippen LogP contribution in [-0.2, 0) is 0 Å². The molecule has 4 rings (SSSR count). The van der Waals surface area contributed by atoms with Crippen LogP contribution in [0.25, 0.3) is 0 Å². The fourth-order valence-corrected chi connectivity index (χ4v) is 3.83. The van der Waals surface area contributed by atoms with Gasteiger partial charge in [-0.25, -0.2) is 0 Å². The van der Waals surface area contributed by atoms with Gasteiger partial charge in [-0.15, -0.1) is 0 Å². The number of hydrogen-bond donors (Lipinski definition) is 1. The number of nitriles is 1. The van der Waals surface area contributed by atoms with Crippen molar-refractivity contribution in [3.05, 3.63) is 0 Å². The van der Waals surface area contributed by atoms with Gasteiger partial charge in [0.25, 0.3) is 0 Å². The Morgan fingerprint density at radius 2 is 1.55 bits per heavy atom. The lowest BCUT2D eigenvalue weighted by Crippen LogP contribution is -2.27. The Morgan fingerprint density at radius 3 is 2.18 bits per heavy atom. The maximum Gasteiger partial charge on any atom is 0.0663 e. The molecule has 0 heterocycles. The van der Waals surface area contributed by atoms with Crippen LogP contribution in [-0.4, -0.2) is 11.2 Å². The van der Waals surface area contributed by atoms with E-state index in [0.29, 0.717) is 17.8 Å². The third kappa shape index (κ3) is 0.337. The molecule has 0 radical (unpaired) electrons. The maximum atomic E-state index is 9.70. The Labute approximate surface area is 64.8 Å². The van der Waals surface area contributed by atoms with E-state index in [0.717, 1.165) is 17.8 Å². The lowest BCUT2D eigenvalue weighted by Gasteiger charge is -2.23. The van der Waals surface area contributed by atoms with E-state index < -0.39 is 0 Å². The molecule has 1 N–H and O–H groups in total. The van der Waals surface area contributed by atoms with Gasteiger partial charge in [-0.2, -0.15) is 5.26 Å². The van der Waals surface area contributed by atoms with E-state index in [-0.39, 0.29) is 12.0 Å². The molecule has 4 fully saturated rings. The van der Waals surface area contributed by atoms with Crippen molar-refractivity contribution in [3.8, 4) is 6.07 Å². The molecule has 0 aromatic carbocycles. The van der Waals surface area contributed by atoms with Crippen LogP contribution < -0.4 is 0 Å². The summed E-state index contributed by atoms with van der Waals surface area (Å²) in [5.74, 6) is 4.50. The van der Waals surface area contributed by atoms with E-state index in [1.54, 1.807) is 0 Å². The molecule has 4 saturated carbocycles.